The first-order chi connectivity index (χ1) is 7.56. The number of Topliss-reactive ketones (excluding diaryl/α,β-unsaturated/α-hetero) is 1. The lowest BCUT2D eigenvalue weighted by molar-refractivity contribution is -0.137. The molecule has 0 aromatic carbocycles. The molecule has 0 heterocycles. The molecule has 1 amide bonds. The van der Waals surface area contributed by atoms with Crippen LogP contribution in [-0.2, 0) is 14.3 Å². The first-order valence-corrected chi connectivity index (χ1v) is 5.84. The van der Waals surface area contributed by atoms with Gasteiger partial charge in [-0.15, -0.1) is 0 Å². The summed E-state index contributed by atoms with van der Waals surface area (Å²) >= 11 is 0. The standard InChI is InChI=1S/C12H23NO3/c1-5-11(6-2)13(7-8-16-4)12(15)9-10(3)14/h11H,5-9H2,1-4H3. The minimum atomic E-state index is -0.0850. The maximum absolute atomic E-state index is 11.9. The topological polar surface area (TPSA) is 46.6 Å². The summed E-state index contributed by atoms with van der Waals surface area (Å²) in [6.45, 7) is 6.62. The van der Waals surface area contributed by atoms with E-state index in [2.05, 4.69) is 13.8 Å². The smallest absolute Gasteiger partial charge is 0.230 e. The Morgan fingerprint density at radius 2 is 1.81 bits per heavy atom. The van der Waals surface area contributed by atoms with Crippen LogP contribution >= 0.6 is 0 Å². The summed E-state index contributed by atoms with van der Waals surface area (Å²) < 4.78 is 4.99. The summed E-state index contributed by atoms with van der Waals surface area (Å²) in [5, 5.41) is 0. The summed E-state index contributed by atoms with van der Waals surface area (Å²) in [7, 11) is 1.61. The Kier molecular flexibility index (Phi) is 7.81. The van der Waals surface area contributed by atoms with Crippen molar-refractivity contribution in [3.63, 3.8) is 0 Å². The number of rotatable bonds is 8. The van der Waals surface area contributed by atoms with Crippen LogP contribution in [0.15, 0.2) is 0 Å². The Balaban J connectivity index is 4.50. The summed E-state index contributed by atoms with van der Waals surface area (Å²) in [6, 6.07) is 0.210. The molecule has 0 aliphatic heterocycles. The second-order valence-corrected chi connectivity index (χ2v) is 3.93. The number of methoxy groups -OCH3 is 1. The molecule has 0 saturated heterocycles. The molecule has 0 saturated carbocycles. The average Bonchev–Trinajstić information content (AvgIpc) is 2.23. The van der Waals surface area contributed by atoms with Gasteiger partial charge in [-0.1, -0.05) is 13.8 Å². The summed E-state index contributed by atoms with van der Waals surface area (Å²) in [5.74, 6) is -0.170. The molecule has 94 valence electrons. The quantitative estimate of drug-likeness (QED) is 0.594. The van der Waals surface area contributed by atoms with Crippen molar-refractivity contribution in [2.45, 2.75) is 46.1 Å². The Morgan fingerprint density at radius 1 is 1.25 bits per heavy atom. The van der Waals surface area contributed by atoms with Crippen LogP contribution in [0.4, 0.5) is 0 Å². The van der Waals surface area contributed by atoms with Gasteiger partial charge in [-0.2, -0.15) is 0 Å². The third-order valence-electron chi connectivity index (χ3n) is 2.64. The molecule has 0 spiro atoms. The molecule has 0 atom stereocenters. The lowest BCUT2D eigenvalue weighted by Crippen LogP contribution is -2.42. The van der Waals surface area contributed by atoms with Crippen molar-refractivity contribution in [3.8, 4) is 0 Å². The highest BCUT2D eigenvalue weighted by Crippen LogP contribution is 2.10. The van der Waals surface area contributed by atoms with Crippen LogP contribution in [0.5, 0.6) is 0 Å². The third-order valence-corrected chi connectivity index (χ3v) is 2.64. The van der Waals surface area contributed by atoms with Crippen LogP contribution in [-0.4, -0.2) is 42.9 Å². The first kappa shape index (κ1) is 15.1. The number of nitrogens with zero attached hydrogens (tertiary/aromatic N) is 1. The van der Waals surface area contributed by atoms with Gasteiger partial charge in [0.15, 0.2) is 0 Å². The van der Waals surface area contributed by atoms with Crippen molar-refractivity contribution in [1.29, 1.82) is 0 Å². The Bertz CT molecular complexity index is 224. The lowest BCUT2D eigenvalue weighted by Gasteiger charge is -2.30. The zero-order valence-corrected chi connectivity index (χ0v) is 10.8. The van der Waals surface area contributed by atoms with E-state index in [0.717, 1.165) is 12.8 Å². The van der Waals surface area contributed by atoms with Crippen LogP contribution < -0.4 is 0 Å². The van der Waals surface area contributed by atoms with Crippen molar-refractivity contribution in [2.75, 3.05) is 20.3 Å². The maximum atomic E-state index is 11.9. The zero-order chi connectivity index (χ0) is 12.6. The van der Waals surface area contributed by atoms with E-state index in [1.807, 2.05) is 0 Å². The predicted molar refractivity (Wildman–Crippen MR) is 63.3 cm³/mol. The van der Waals surface area contributed by atoms with Gasteiger partial charge in [-0.3, -0.25) is 9.59 Å². The number of ether oxygens (including phenoxy) is 1. The summed E-state index contributed by atoms with van der Waals surface area (Å²) in [5.41, 5.74) is 0. The van der Waals surface area contributed by atoms with E-state index in [9.17, 15) is 9.59 Å². The zero-order valence-electron chi connectivity index (χ0n) is 10.8. The highest BCUT2D eigenvalue weighted by molar-refractivity contribution is 5.96. The highest BCUT2D eigenvalue weighted by Gasteiger charge is 2.21. The van der Waals surface area contributed by atoms with Crippen LogP contribution in [0.2, 0.25) is 0 Å². The van der Waals surface area contributed by atoms with E-state index < -0.39 is 0 Å². The molecular weight excluding hydrogens is 206 g/mol. The number of carbonyl (C=O) groups is 2. The molecule has 4 heteroatoms. The molecular formula is C12H23NO3. The first-order valence-electron chi connectivity index (χ1n) is 5.84. The second-order valence-electron chi connectivity index (χ2n) is 3.93. The molecule has 0 aliphatic carbocycles. The third kappa shape index (κ3) is 5.26. The fraction of sp³-hybridized carbons (Fsp3) is 0.833. The van der Waals surface area contributed by atoms with Crippen molar-refractivity contribution in [3.05, 3.63) is 0 Å². The van der Waals surface area contributed by atoms with Gasteiger partial charge in [0.2, 0.25) is 5.91 Å². The van der Waals surface area contributed by atoms with Crippen LogP contribution in [0, 0.1) is 0 Å². The fourth-order valence-corrected chi connectivity index (χ4v) is 1.74. The maximum Gasteiger partial charge on any atom is 0.230 e. The summed E-state index contributed by atoms with van der Waals surface area (Å²) in [6.07, 6.45) is 1.81. The van der Waals surface area contributed by atoms with Gasteiger partial charge in [0, 0.05) is 19.7 Å². The van der Waals surface area contributed by atoms with Crippen LogP contribution in [0.25, 0.3) is 0 Å². The van der Waals surface area contributed by atoms with Gasteiger partial charge in [0.25, 0.3) is 0 Å². The van der Waals surface area contributed by atoms with Crippen LogP contribution in [0.1, 0.15) is 40.0 Å². The molecule has 0 rings (SSSR count). The molecule has 0 radical (unpaired) electrons. The minimum Gasteiger partial charge on any atom is -0.383 e. The molecule has 0 fully saturated rings. The number of hydrogen-bond acceptors (Lipinski definition) is 3. The lowest BCUT2D eigenvalue weighted by atomic mass is 10.1. The van der Waals surface area contributed by atoms with Crippen molar-refractivity contribution < 1.29 is 14.3 Å². The van der Waals surface area contributed by atoms with E-state index in [0.29, 0.717) is 13.2 Å². The van der Waals surface area contributed by atoms with Gasteiger partial charge in [-0.25, -0.2) is 0 Å². The molecule has 4 nitrogen and oxygen atoms in total. The largest absolute Gasteiger partial charge is 0.383 e. The highest BCUT2D eigenvalue weighted by atomic mass is 16.5. The number of hydrogen-bond donors (Lipinski definition) is 0. The average molecular weight is 229 g/mol. The molecule has 0 unspecified atom stereocenters. The van der Waals surface area contributed by atoms with Gasteiger partial charge in [0.1, 0.15) is 5.78 Å². The van der Waals surface area contributed by atoms with Crippen molar-refractivity contribution >= 4 is 11.7 Å². The van der Waals surface area contributed by atoms with E-state index in [1.165, 1.54) is 6.92 Å². The predicted octanol–water partition coefficient (Wildman–Crippen LogP) is 1.63. The second kappa shape index (κ2) is 8.28. The van der Waals surface area contributed by atoms with Crippen molar-refractivity contribution in [2.24, 2.45) is 0 Å². The van der Waals surface area contributed by atoms with E-state index in [4.69, 9.17) is 4.74 Å². The summed E-state index contributed by atoms with van der Waals surface area (Å²) in [4.78, 5) is 24.6. The van der Waals surface area contributed by atoms with Gasteiger partial charge < -0.3 is 9.64 Å². The van der Waals surface area contributed by atoms with Gasteiger partial charge in [-0.05, 0) is 19.8 Å². The van der Waals surface area contributed by atoms with E-state index in [1.54, 1.807) is 12.0 Å². The number of carbonyl (C=O) groups excluding carboxylic acids is 2. The molecule has 0 aromatic heterocycles. The molecule has 0 bridgehead atoms. The molecule has 16 heavy (non-hydrogen) atoms. The monoisotopic (exact) mass is 229 g/mol. The van der Waals surface area contributed by atoms with E-state index in [-0.39, 0.29) is 24.2 Å². The SMILES string of the molecule is CCC(CC)N(CCOC)C(=O)CC(C)=O. The molecule has 0 aromatic rings. The van der Waals surface area contributed by atoms with Crippen molar-refractivity contribution in [1.82, 2.24) is 4.90 Å². The van der Waals surface area contributed by atoms with Gasteiger partial charge in [0.05, 0.1) is 13.0 Å². The Hall–Kier alpha value is -0.900. The fourth-order valence-electron chi connectivity index (χ4n) is 1.74. The Morgan fingerprint density at radius 3 is 2.19 bits per heavy atom. The normalized spacial score (nSPS) is 10.6. The molecule has 0 aliphatic rings. The Labute approximate surface area is 98.0 Å². The number of ketones is 1. The number of amides is 1. The minimum absolute atomic E-state index is 0.000213. The van der Waals surface area contributed by atoms with Gasteiger partial charge >= 0.3 is 0 Å². The van der Waals surface area contributed by atoms with Crippen LogP contribution in [0.3, 0.4) is 0 Å². The molecule has 0 N–H and O–H groups in total. The van der Waals surface area contributed by atoms with E-state index >= 15 is 0 Å².